The van der Waals surface area contributed by atoms with E-state index in [4.69, 9.17) is 18.9 Å². The summed E-state index contributed by atoms with van der Waals surface area (Å²) in [5, 5.41) is 7.21. The molecule has 0 aliphatic carbocycles. The highest BCUT2D eigenvalue weighted by atomic mass is 32.2. The second-order valence-corrected chi connectivity index (χ2v) is 12.2. The number of hydrogen-bond donors (Lipinski definition) is 2. The van der Waals surface area contributed by atoms with Crippen molar-refractivity contribution in [3.8, 4) is 0 Å². The molecule has 228 valence electrons. The van der Waals surface area contributed by atoms with E-state index in [0.29, 0.717) is 57.3 Å². The van der Waals surface area contributed by atoms with Gasteiger partial charge >= 0.3 is 0 Å². The van der Waals surface area contributed by atoms with Crippen LogP contribution in [0.2, 0.25) is 0 Å². The Hall–Kier alpha value is -0.800. The SMILES string of the molecule is C=C1CC2C(CSC2CCCCC(=O)NCCOCCOC(CCCCCCCCCC)(OCC)OCC)N1. The van der Waals surface area contributed by atoms with Crippen LogP contribution in [-0.4, -0.2) is 68.5 Å². The Morgan fingerprint density at radius 3 is 2.38 bits per heavy atom. The molecule has 39 heavy (non-hydrogen) atoms. The molecule has 0 radical (unpaired) electrons. The van der Waals surface area contributed by atoms with Crippen LogP contribution in [0.3, 0.4) is 0 Å². The zero-order chi connectivity index (χ0) is 28.2. The van der Waals surface area contributed by atoms with E-state index in [-0.39, 0.29) is 5.91 Å². The molecule has 0 bridgehead atoms. The third kappa shape index (κ3) is 14.1. The molecular weight excluding hydrogens is 512 g/mol. The van der Waals surface area contributed by atoms with Crippen molar-refractivity contribution in [2.75, 3.05) is 45.3 Å². The summed E-state index contributed by atoms with van der Waals surface area (Å²) >= 11 is 2.09. The van der Waals surface area contributed by atoms with E-state index in [2.05, 4.69) is 35.9 Å². The summed E-state index contributed by atoms with van der Waals surface area (Å²) in [7, 11) is 0. The van der Waals surface area contributed by atoms with Crippen LogP contribution >= 0.6 is 11.8 Å². The van der Waals surface area contributed by atoms with Crippen molar-refractivity contribution in [2.24, 2.45) is 5.92 Å². The van der Waals surface area contributed by atoms with Crippen molar-refractivity contribution in [2.45, 2.75) is 128 Å². The quantitative estimate of drug-likeness (QED) is 0.0950. The number of hydrogen-bond acceptors (Lipinski definition) is 7. The van der Waals surface area contributed by atoms with Crippen LogP contribution in [0.5, 0.6) is 0 Å². The van der Waals surface area contributed by atoms with Crippen molar-refractivity contribution in [3.05, 3.63) is 12.3 Å². The molecule has 2 fully saturated rings. The number of allylic oxidation sites excluding steroid dienone is 1. The van der Waals surface area contributed by atoms with Gasteiger partial charge in [0.25, 0.3) is 5.97 Å². The predicted octanol–water partition coefficient (Wildman–Crippen LogP) is 6.56. The molecule has 0 aromatic carbocycles. The summed E-state index contributed by atoms with van der Waals surface area (Å²) in [4.78, 5) is 12.2. The first-order valence-electron chi connectivity index (χ1n) is 15.9. The molecule has 7 nitrogen and oxygen atoms in total. The number of nitrogens with one attached hydrogen (secondary N) is 2. The lowest BCUT2D eigenvalue weighted by Crippen LogP contribution is -2.40. The van der Waals surface area contributed by atoms with E-state index >= 15 is 0 Å². The molecule has 0 aromatic heterocycles. The van der Waals surface area contributed by atoms with E-state index in [1.54, 1.807) is 0 Å². The van der Waals surface area contributed by atoms with Gasteiger partial charge in [-0.05, 0) is 45.4 Å². The van der Waals surface area contributed by atoms with Crippen molar-refractivity contribution in [1.29, 1.82) is 0 Å². The average Bonchev–Trinajstić information content (AvgIpc) is 3.47. The van der Waals surface area contributed by atoms with Crippen molar-refractivity contribution < 1.29 is 23.7 Å². The fraction of sp³-hybridized carbons (Fsp3) is 0.903. The standard InChI is InChI=1S/C31H58N2O5S/c1-5-8-9-10-11-12-13-16-19-31(36-6-2,37-7-3)38-23-22-35-21-20-32-30(34)18-15-14-17-29-27-24-26(4)33-28(27)25-39-29/h27-29,33H,4-25H2,1-3H3,(H,32,34). The topological polar surface area (TPSA) is 78.1 Å². The van der Waals surface area contributed by atoms with E-state index in [1.165, 1.54) is 62.8 Å². The average molecular weight is 571 g/mol. The maximum Gasteiger partial charge on any atom is 0.282 e. The molecule has 0 spiro atoms. The maximum absolute atomic E-state index is 12.2. The first-order valence-corrected chi connectivity index (χ1v) is 16.9. The molecule has 3 unspecified atom stereocenters. The van der Waals surface area contributed by atoms with Crippen LogP contribution in [0, 0.1) is 5.92 Å². The highest BCUT2D eigenvalue weighted by molar-refractivity contribution is 8.00. The lowest BCUT2D eigenvalue weighted by Gasteiger charge is -2.32. The van der Waals surface area contributed by atoms with Crippen LogP contribution in [0.25, 0.3) is 0 Å². The number of rotatable bonds is 25. The van der Waals surface area contributed by atoms with Crippen molar-refractivity contribution >= 4 is 17.7 Å². The van der Waals surface area contributed by atoms with Gasteiger partial charge in [0.05, 0.1) is 19.8 Å². The van der Waals surface area contributed by atoms with E-state index in [1.807, 2.05) is 13.8 Å². The summed E-state index contributed by atoms with van der Waals surface area (Å²) < 4.78 is 23.6. The largest absolute Gasteiger partial charge is 0.385 e. The molecule has 8 heteroatoms. The Morgan fingerprint density at radius 1 is 0.949 bits per heavy atom. The minimum atomic E-state index is -0.983. The second-order valence-electron chi connectivity index (χ2n) is 10.9. The molecule has 2 heterocycles. The molecule has 3 atom stereocenters. The Bertz CT molecular complexity index is 659. The molecule has 2 rings (SSSR count). The van der Waals surface area contributed by atoms with Gasteiger partial charge in [0.15, 0.2) is 0 Å². The molecule has 0 saturated carbocycles. The minimum absolute atomic E-state index is 0.111. The van der Waals surface area contributed by atoms with Gasteiger partial charge in [-0.15, -0.1) is 0 Å². The molecular formula is C31H58N2O5S. The number of amides is 1. The monoisotopic (exact) mass is 570 g/mol. The Kier molecular flexibility index (Phi) is 18.5. The molecule has 2 N–H and O–H groups in total. The highest BCUT2D eigenvalue weighted by Gasteiger charge is 2.40. The highest BCUT2D eigenvalue weighted by Crippen LogP contribution is 2.42. The van der Waals surface area contributed by atoms with Gasteiger partial charge < -0.3 is 29.6 Å². The summed E-state index contributed by atoms with van der Waals surface area (Å²) in [5.74, 6) is 1.05. The number of unbranched alkanes of at least 4 members (excludes halogenated alkanes) is 8. The van der Waals surface area contributed by atoms with Gasteiger partial charge in [-0.1, -0.05) is 64.9 Å². The van der Waals surface area contributed by atoms with Crippen LogP contribution in [0.15, 0.2) is 12.3 Å². The van der Waals surface area contributed by atoms with E-state index in [9.17, 15) is 4.79 Å². The van der Waals surface area contributed by atoms with Gasteiger partial charge in [-0.25, -0.2) is 0 Å². The Balaban J connectivity index is 1.49. The minimum Gasteiger partial charge on any atom is -0.385 e. The number of fused-ring (bicyclic) bond motifs is 1. The number of carbonyl (C=O) groups is 1. The van der Waals surface area contributed by atoms with E-state index < -0.39 is 5.97 Å². The molecule has 2 aliphatic heterocycles. The lowest BCUT2D eigenvalue weighted by atomic mass is 9.94. The van der Waals surface area contributed by atoms with Gasteiger partial charge in [0, 0.05) is 55.3 Å². The smallest absolute Gasteiger partial charge is 0.282 e. The second kappa shape index (κ2) is 21.0. The molecule has 2 saturated heterocycles. The number of thioether (sulfide) groups is 1. The van der Waals surface area contributed by atoms with E-state index in [0.717, 1.165) is 38.0 Å². The van der Waals surface area contributed by atoms with Crippen LogP contribution in [0.4, 0.5) is 0 Å². The Morgan fingerprint density at radius 2 is 1.67 bits per heavy atom. The van der Waals surface area contributed by atoms with Gasteiger partial charge in [0.2, 0.25) is 5.91 Å². The normalized spacial score (nSPS) is 20.8. The Labute approximate surface area is 243 Å². The predicted molar refractivity (Wildman–Crippen MR) is 162 cm³/mol. The summed E-state index contributed by atoms with van der Waals surface area (Å²) in [6.07, 6.45) is 15.7. The number of carbonyl (C=O) groups excluding carboxylic acids is 1. The van der Waals surface area contributed by atoms with Crippen LogP contribution in [-0.2, 0) is 23.7 Å². The lowest BCUT2D eigenvalue weighted by molar-refractivity contribution is -0.382. The van der Waals surface area contributed by atoms with Crippen molar-refractivity contribution in [3.63, 3.8) is 0 Å². The maximum atomic E-state index is 12.2. The fourth-order valence-electron chi connectivity index (χ4n) is 5.66. The third-order valence-electron chi connectivity index (χ3n) is 7.68. The van der Waals surface area contributed by atoms with Crippen molar-refractivity contribution in [1.82, 2.24) is 10.6 Å². The molecule has 0 aromatic rings. The van der Waals surface area contributed by atoms with Gasteiger partial charge in [0.1, 0.15) is 0 Å². The van der Waals surface area contributed by atoms with Crippen LogP contribution < -0.4 is 10.6 Å². The summed E-state index contributed by atoms with van der Waals surface area (Å²) in [6, 6.07) is 0.617. The molecule has 2 aliphatic rings. The first kappa shape index (κ1) is 34.4. The zero-order valence-corrected chi connectivity index (χ0v) is 26.1. The summed E-state index contributed by atoms with van der Waals surface area (Å²) in [6.45, 7) is 13.2. The van der Waals surface area contributed by atoms with Gasteiger partial charge in [-0.3, -0.25) is 4.79 Å². The van der Waals surface area contributed by atoms with Crippen LogP contribution in [0.1, 0.15) is 111 Å². The zero-order valence-electron chi connectivity index (χ0n) is 25.2. The molecule has 1 amide bonds. The summed E-state index contributed by atoms with van der Waals surface area (Å²) in [5.41, 5.74) is 1.20. The van der Waals surface area contributed by atoms with Gasteiger partial charge in [-0.2, -0.15) is 11.8 Å². The third-order valence-corrected chi connectivity index (χ3v) is 9.25. The number of ether oxygens (including phenoxy) is 4. The first-order chi connectivity index (χ1) is 19.0. The fourth-order valence-corrected chi connectivity index (χ4v) is 7.31.